The maximum atomic E-state index is 13.9. The second-order valence-electron chi connectivity index (χ2n) is 16.6. The Balaban J connectivity index is 1.04. The van der Waals surface area contributed by atoms with E-state index in [1.54, 1.807) is 44.0 Å². The van der Waals surface area contributed by atoms with Crippen LogP contribution in [-0.4, -0.2) is 87.4 Å². The van der Waals surface area contributed by atoms with E-state index in [0.717, 1.165) is 27.1 Å². The number of nitrogens with zero attached hydrogens (tertiary/aromatic N) is 8. The molecule has 2 aliphatic heterocycles. The number of amides is 6. The zero-order valence-corrected chi connectivity index (χ0v) is 33.2. The number of carbonyl (C=O) groups is 4. The van der Waals surface area contributed by atoms with Crippen LogP contribution >= 0.6 is 0 Å². The van der Waals surface area contributed by atoms with Gasteiger partial charge in [-0.2, -0.15) is 10.2 Å². The first-order chi connectivity index (χ1) is 27.6. The minimum atomic E-state index is -0.728. The highest BCUT2D eigenvalue weighted by atomic mass is 16.2. The fraction of sp³-hybridized carbons (Fsp3) is 0.333. The molecule has 2 aliphatic rings. The number of nitrogens with one attached hydrogen (secondary N) is 2. The third kappa shape index (κ3) is 7.05. The number of aromatic nitrogens is 6. The first-order valence-corrected chi connectivity index (χ1v) is 19.2. The smallest absolute Gasteiger partial charge is 0.318 e. The summed E-state index contributed by atoms with van der Waals surface area (Å²) >= 11 is 0. The SMILES string of the molecule is CC(C)(C)NC(=O)N1CCn2nc(-c3ccc(CC(C)(C)NC(=O)N4CCn5nc(-c6cncc7ccccc67)c(C(N)=O)c5C4)c4cnccc34)c(C(N)=O)c2C1. The maximum absolute atomic E-state index is 13.9. The van der Waals surface area contributed by atoms with E-state index >= 15 is 0 Å². The van der Waals surface area contributed by atoms with Gasteiger partial charge in [0.2, 0.25) is 0 Å². The average Bonchev–Trinajstić information content (AvgIpc) is 3.75. The van der Waals surface area contributed by atoms with Crippen LogP contribution in [0.2, 0.25) is 0 Å². The van der Waals surface area contributed by atoms with Crippen LogP contribution in [-0.2, 0) is 32.6 Å². The molecule has 0 atom stereocenters. The summed E-state index contributed by atoms with van der Waals surface area (Å²) in [6.45, 7) is 11.6. The van der Waals surface area contributed by atoms with Crippen LogP contribution < -0.4 is 22.1 Å². The standard InChI is InChI=1S/C42H46N12O4/c1-41(2,3)47-39(57)51-14-16-53-31(22-51)33(37(43)55)35(49-53)28-11-10-24(29-20-45-13-12-27(28)29)18-42(4,5)48-40(58)52-15-17-54-32(23-52)34(38(44)56)36(50-54)30-21-46-19-25-8-6-7-9-26(25)30/h6-13,19-21H,14-18,22-23H2,1-5H3,(H2,43,55)(H2,44,56)(H,47,57)(H,48,58). The molecule has 0 saturated heterocycles. The second-order valence-corrected chi connectivity index (χ2v) is 16.6. The molecule has 4 aromatic heterocycles. The number of nitrogens with two attached hydrogens (primary N) is 2. The van der Waals surface area contributed by atoms with E-state index in [0.29, 0.717) is 66.5 Å². The molecule has 0 saturated carbocycles. The topological polar surface area (TPSA) is 212 Å². The van der Waals surface area contributed by atoms with Gasteiger partial charge >= 0.3 is 12.1 Å². The number of hydrogen-bond acceptors (Lipinski definition) is 8. The van der Waals surface area contributed by atoms with Gasteiger partial charge in [-0.15, -0.1) is 0 Å². The molecule has 0 radical (unpaired) electrons. The number of hydrogen-bond donors (Lipinski definition) is 4. The van der Waals surface area contributed by atoms with Gasteiger partial charge in [-0.3, -0.25) is 28.9 Å². The third-order valence-corrected chi connectivity index (χ3v) is 10.7. The van der Waals surface area contributed by atoms with Crippen LogP contribution in [0.3, 0.4) is 0 Å². The molecule has 6 aromatic rings. The van der Waals surface area contributed by atoms with Crippen molar-refractivity contribution in [2.24, 2.45) is 11.5 Å². The van der Waals surface area contributed by atoms with E-state index < -0.39 is 22.9 Å². The summed E-state index contributed by atoms with van der Waals surface area (Å²) in [5.74, 6) is -1.25. The van der Waals surface area contributed by atoms with Gasteiger partial charge in [-0.05, 0) is 63.4 Å². The lowest BCUT2D eigenvalue weighted by atomic mass is 9.89. The molecule has 0 aliphatic carbocycles. The molecule has 6 N–H and O–H groups in total. The van der Waals surface area contributed by atoms with E-state index in [9.17, 15) is 19.2 Å². The highest BCUT2D eigenvalue weighted by Crippen LogP contribution is 2.36. The molecule has 6 heterocycles. The van der Waals surface area contributed by atoms with Gasteiger partial charge < -0.3 is 31.9 Å². The Hall–Kier alpha value is -6.84. The van der Waals surface area contributed by atoms with Crippen molar-refractivity contribution in [3.8, 4) is 22.5 Å². The van der Waals surface area contributed by atoms with E-state index in [1.807, 2.05) is 77.1 Å². The fourth-order valence-corrected chi connectivity index (χ4v) is 8.08. The molecule has 0 bridgehead atoms. The lowest BCUT2D eigenvalue weighted by Crippen LogP contribution is -2.52. The second kappa shape index (κ2) is 14.3. The molecule has 16 nitrogen and oxygen atoms in total. The van der Waals surface area contributed by atoms with Crippen molar-refractivity contribution < 1.29 is 19.2 Å². The van der Waals surface area contributed by atoms with Crippen molar-refractivity contribution in [3.05, 3.63) is 95.3 Å². The highest BCUT2D eigenvalue weighted by molar-refractivity contribution is 6.06. The van der Waals surface area contributed by atoms with Gasteiger partial charge in [-0.1, -0.05) is 36.4 Å². The summed E-state index contributed by atoms with van der Waals surface area (Å²) in [4.78, 5) is 65.1. The largest absolute Gasteiger partial charge is 0.365 e. The Morgan fingerprint density at radius 1 is 0.655 bits per heavy atom. The third-order valence-electron chi connectivity index (χ3n) is 10.7. The molecule has 58 heavy (non-hydrogen) atoms. The Kier molecular flexibility index (Phi) is 9.36. The predicted molar refractivity (Wildman–Crippen MR) is 218 cm³/mol. The van der Waals surface area contributed by atoms with Crippen molar-refractivity contribution in [3.63, 3.8) is 0 Å². The molecule has 8 rings (SSSR count). The lowest BCUT2D eigenvalue weighted by Gasteiger charge is -2.33. The van der Waals surface area contributed by atoms with Crippen LogP contribution in [0, 0.1) is 0 Å². The molecule has 2 aromatic carbocycles. The van der Waals surface area contributed by atoms with Crippen molar-refractivity contribution in [1.29, 1.82) is 0 Å². The Bertz CT molecular complexity index is 2650. The summed E-state index contributed by atoms with van der Waals surface area (Å²) in [6.07, 6.45) is 7.34. The molecular weight excluding hydrogens is 737 g/mol. The van der Waals surface area contributed by atoms with E-state index in [4.69, 9.17) is 21.7 Å². The number of rotatable bonds is 7. The average molecular weight is 783 g/mol. The summed E-state index contributed by atoms with van der Waals surface area (Å²) in [5.41, 5.74) is 15.7. The molecule has 0 spiro atoms. The highest BCUT2D eigenvalue weighted by Gasteiger charge is 2.34. The van der Waals surface area contributed by atoms with Crippen molar-refractivity contribution in [2.45, 2.75) is 78.3 Å². The minimum absolute atomic E-state index is 0.142. The number of benzene rings is 2. The molecule has 298 valence electrons. The van der Waals surface area contributed by atoms with E-state index in [2.05, 4.69) is 20.6 Å². The zero-order valence-electron chi connectivity index (χ0n) is 33.2. The normalized spacial score (nSPS) is 14.3. The summed E-state index contributed by atoms with van der Waals surface area (Å²) in [5, 5.41) is 19.3. The Labute approximate surface area is 334 Å². The van der Waals surface area contributed by atoms with Gasteiger partial charge in [0.1, 0.15) is 11.4 Å². The first kappa shape index (κ1) is 38.1. The number of carbonyl (C=O) groups excluding carboxylic acids is 4. The van der Waals surface area contributed by atoms with Gasteiger partial charge in [0.15, 0.2) is 0 Å². The summed E-state index contributed by atoms with van der Waals surface area (Å²) < 4.78 is 3.52. The number of urea groups is 2. The van der Waals surface area contributed by atoms with Crippen LogP contribution in [0.25, 0.3) is 44.1 Å². The van der Waals surface area contributed by atoms with E-state index in [-0.39, 0.29) is 36.3 Å². The maximum Gasteiger partial charge on any atom is 0.318 e. The monoisotopic (exact) mass is 782 g/mol. The number of pyridine rings is 2. The zero-order chi connectivity index (χ0) is 41.1. The van der Waals surface area contributed by atoms with Gasteiger partial charge in [0.05, 0.1) is 48.7 Å². The van der Waals surface area contributed by atoms with Crippen LogP contribution in [0.5, 0.6) is 0 Å². The van der Waals surface area contributed by atoms with Gasteiger partial charge in [0, 0.05) is 70.9 Å². The lowest BCUT2D eigenvalue weighted by molar-refractivity contribution is 0.0989. The first-order valence-electron chi connectivity index (χ1n) is 19.2. The van der Waals surface area contributed by atoms with Crippen LogP contribution in [0.4, 0.5) is 9.59 Å². The molecular formula is C42H46N12O4. The summed E-state index contributed by atoms with van der Waals surface area (Å²) in [7, 11) is 0. The quantitative estimate of drug-likeness (QED) is 0.180. The Morgan fingerprint density at radius 2 is 1.26 bits per heavy atom. The van der Waals surface area contributed by atoms with Crippen LogP contribution in [0.15, 0.2) is 67.3 Å². The van der Waals surface area contributed by atoms with Gasteiger partial charge in [-0.25, -0.2) is 9.59 Å². The number of primary amides is 2. The predicted octanol–water partition coefficient (Wildman–Crippen LogP) is 4.58. The molecule has 6 amide bonds. The van der Waals surface area contributed by atoms with Crippen molar-refractivity contribution in [2.75, 3.05) is 13.1 Å². The van der Waals surface area contributed by atoms with Crippen molar-refractivity contribution in [1.82, 2.24) is 50.0 Å². The van der Waals surface area contributed by atoms with Crippen molar-refractivity contribution >= 4 is 45.4 Å². The fourth-order valence-electron chi connectivity index (χ4n) is 8.08. The molecule has 16 heteroatoms. The Morgan fingerprint density at radius 3 is 1.88 bits per heavy atom. The number of fused-ring (bicyclic) bond motifs is 4. The summed E-state index contributed by atoms with van der Waals surface area (Å²) in [6, 6.07) is 13.0. The van der Waals surface area contributed by atoms with Gasteiger partial charge in [0.25, 0.3) is 11.8 Å². The molecule has 0 fully saturated rings. The molecule has 0 unspecified atom stereocenters. The minimum Gasteiger partial charge on any atom is -0.365 e. The van der Waals surface area contributed by atoms with E-state index in [1.165, 1.54) is 0 Å². The van der Waals surface area contributed by atoms with Crippen LogP contribution in [0.1, 0.15) is 72.3 Å².